The lowest BCUT2D eigenvalue weighted by Crippen LogP contribution is -1.88. The van der Waals surface area contributed by atoms with E-state index in [-0.39, 0.29) is 5.88 Å². The molecule has 0 fully saturated rings. The summed E-state index contributed by atoms with van der Waals surface area (Å²) >= 11 is 2.98. The van der Waals surface area contributed by atoms with E-state index in [1.54, 1.807) is 0 Å². The minimum atomic E-state index is -2.46. The highest BCUT2D eigenvalue weighted by Gasteiger charge is 1.91. The Morgan fingerprint density at radius 3 is 3.44 bits per heavy atom. The van der Waals surface area contributed by atoms with Crippen LogP contribution in [0.2, 0.25) is 0 Å². The summed E-state index contributed by atoms with van der Waals surface area (Å²) < 4.78 is 25.1. The van der Waals surface area contributed by atoms with Crippen LogP contribution in [0.5, 0.6) is 5.88 Å². The molecular formula is C5H5BrN2O. The van der Waals surface area contributed by atoms with Crippen molar-refractivity contribution >= 4 is 15.9 Å². The van der Waals surface area contributed by atoms with E-state index in [1.165, 1.54) is 12.3 Å². The predicted molar refractivity (Wildman–Crippen MR) is 36.3 cm³/mol. The quantitative estimate of drug-likeness (QED) is 0.628. The molecule has 0 bridgehead atoms. The molecule has 0 aliphatic carbocycles. The number of halogens is 1. The van der Waals surface area contributed by atoms with Gasteiger partial charge in [0.2, 0.25) is 5.88 Å². The zero-order chi connectivity index (χ0) is 9.19. The van der Waals surface area contributed by atoms with Gasteiger partial charge in [0, 0.05) is 12.3 Å². The Kier molecular flexibility index (Phi) is 1.08. The summed E-state index contributed by atoms with van der Waals surface area (Å²) in [6.45, 7) is 0. The largest absolute Gasteiger partial charge is 0.481 e. The smallest absolute Gasteiger partial charge is 0.216 e. The Morgan fingerprint density at radius 2 is 2.78 bits per heavy atom. The lowest BCUT2D eigenvalue weighted by molar-refractivity contribution is 0.395. The van der Waals surface area contributed by atoms with E-state index in [0.717, 1.165) is 0 Å². The van der Waals surface area contributed by atoms with E-state index >= 15 is 0 Å². The van der Waals surface area contributed by atoms with Crippen molar-refractivity contribution in [3.63, 3.8) is 0 Å². The van der Waals surface area contributed by atoms with Gasteiger partial charge in [0.1, 0.15) is 0 Å². The number of hydrogen-bond donors (Lipinski definition) is 0. The van der Waals surface area contributed by atoms with Crippen molar-refractivity contribution in [1.82, 2.24) is 9.97 Å². The highest BCUT2D eigenvalue weighted by Crippen LogP contribution is 2.07. The molecule has 0 amide bonds. The van der Waals surface area contributed by atoms with Crippen molar-refractivity contribution in [2.24, 2.45) is 0 Å². The van der Waals surface area contributed by atoms with E-state index in [9.17, 15) is 0 Å². The first-order valence-electron chi connectivity index (χ1n) is 3.65. The van der Waals surface area contributed by atoms with Crippen molar-refractivity contribution in [1.29, 1.82) is 0 Å². The van der Waals surface area contributed by atoms with Crippen LogP contribution in [-0.4, -0.2) is 17.0 Å². The molecule has 4 heteroatoms. The molecule has 1 aromatic rings. The van der Waals surface area contributed by atoms with Crippen LogP contribution in [0.4, 0.5) is 0 Å². The zero-order valence-electron chi connectivity index (χ0n) is 7.34. The highest BCUT2D eigenvalue weighted by atomic mass is 79.9. The second-order valence-corrected chi connectivity index (χ2v) is 1.98. The molecular weight excluding hydrogens is 184 g/mol. The maximum absolute atomic E-state index is 6.78. The Labute approximate surface area is 65.4 Å². The first-order chi connectivity index (χ1) is 5.47. The van der Waals surface area contributed by atoms with Crippen LogP contribution in [0.1, 0.15) is 4.11 Å². The van der Waals surface area contributed by atoms with Crippen LogP contribution in [0, 0.1) is 0 Å². The lowest BCUT2D eigenvalue weighted by atomic mass is 10.6. The van der Waals surface area contributed by atoms with Gasteiger partial charge >= 0.3 is 0 Å². The van der Waals surface area contributed by atoms with Gasteiger partial charge in [-0.3, -0.25) is 0 Å². The fourth-order valence-corrected chi connectivity index (χ4v) is 0.669. The molecule has 0 unspecified atom stereocenters. The van der Waals surface area contributed by atoms with Gasteiger partial charge in [-0.05, 0) is 15.9 Å². The van der Waals surface area contributed by atoms with Gasteiger partial charge in [-0.25, -0.2) is 4.98 Å². The van der Waals surface area contributed by atoms with E-state index in [2.05, 4.69) is 30.6 Å². The van der Waals surface area contributed by atoms with Crippen molar-refractivity contribution < 1.29 is 8.85 Å². The third-order valence-corrected chi connectivity index (χ3v) is 1.09. The average Bonchev–Trinajstić information content (AvgIpc) is 1.82. The maximum Gasteiger partial charge on any atom is 0.216 e. The summed E-state index contributed by atoms with van der Waals surface area (Å²) in [5, 5.41) is 0. The van der Waals surface area contributed by atoms with Crippen LogP contribution in [0.3, 0.4) is 0 Å². The van der Waals surface area contributed by atoms with E-state index in [0.29, 0.717) is 4.73 Å². The molecule has 0 saturated heterocycles. The van der Waals surface area contributed by atoms with E-state index < -0.39 is 7.04 Å². The highest BCUT2D eigenvalue weighted by molar-refractivity contribution is 9.10. The third kappa shape index (κ3) is 1.64. The molecule has 0 aromatic carbocycles. The normalized spacial score (nSPS) is 15.4. The standard InChI is InChI=1S/C5H5BrN2O/c1-9-4-2-3-7-5(6)8-4/h2-3H,1H3/i1D3. The summed E-state index contributed by atoms with van der Waals surface area (Å²) in [6.07, 6.45) is 1.40. The van der Waals surface area contributed by atoms with Gasteiger partial charge in [-0.15, -0.1) is 0 Å². The molecule has 0 radical (unpaired) electrons. The van der Waals surface area contributed by atoms with Gasteiger partial charge in [0.25, 0.3) is 0 Å². The van der Waals surface area contributed by atoms with E-state index in [1.807, 2.05) is 0 Å². The maximum atomic E-state index is 6.78. The molecule has 3 nitrogen and oxygen atoms in total. The Bertz CT molecular complexity index is 278. The van der Waals surface area contributed by atoms with Gasteiger partial charge in [0.05, 0.1) is 11.2 Å². The molecule has 0 aliphatic heterocycles. The van der Waals surface area contributed by atoms with Crippen LogP contribution in [0.15, 0.2) is 17.0 Å². The minimum absolute atomic E-state index is 0.0249. The fraction of sp³-hybridized carbons (Fsp3) is 0.200. The van der Waals surface area contributed by atoms with Crippen LogP contribution >= 0.6 is 15.9 Å². The number of ether oxygens (including phenoxy) is 1. The average molecular weight is 192 g/mol. The molecule has 1 aromatic heterocycles. The number of nitrogens with zero attached hydrogens (tertiary/aromatic N) is 2. The molecule has 0 spiro atoms. The topological polar surface area (TPSA) is 35.0 Å². The Balaban J connectivity index is 2.77. The van der Waals surface area contributed by atoms with Gasteiger partial charge in [0.15, 0.2) is 4.73 Å². The summed E-state index contributed by atoms with van der Waals surface area (Å²) in [7, 11) is -2.46. The Morgan fingerprint density at radius 1 is 1.89 bits per heavy atom. The van der Waals surface area contributed by atoms with Gasteiger partial charge < -0.3 is 4.74 Å². The van der Waals surface area contributed by atoms with Crippen molar-refractivity contribution in [2.75, 3.05) is 7.04 Å². The van der Waals surface area contributed by atoms with Crippen molar-refractivity contribution in [3.8, 4) is 5.88 Å². The van der Waals surface area contributed by atoms with Gasteiger partial charge in [-0.1, -0.05) is 0 Å². The van der Waals surface area contributed by atoms with Crippen molar-refractivity contribution in [2.45, 2.75) is 0 Å². The SMILES string of the molecule is [2H]C([2H])([2H])Oc1ccnc(Br)n1. The first-order valence-corrected chi connectivity index (χ1v) is 2.94. The molecule has 0 aliphatic rings. The minimum Gasteiger partial charge on any atom is -0.481 e. The first kappa shape index (κ1) is 3.51. The molecule has 1 rings (SSSR count). The van der Waals surface area contributed by atoms with Crippen LogP contribution in [-0.2, 0) is 0 Å². The van der Waals surface area contributed by atoms with Crippen LogP contribution < -0.4 is 4.74 Å². The lowest BCUT2D eigenvalue weighted by Gasteiger charge is -1.94. The summed E-state index contributed by atoms with van der Waals surface area (Å²) in [5.74, 6) is 0.0249. The predicted octanol–water partition coefficient (Wildman–Crippen LogP) is 1.25. The monoisotopic (exact) mass is 191 g/mol. The number of rotatable bonds is 1. The number of methoxy groups -OCH3 is 1. The van der Waals surface area contributed by atoms with E-state index in [4.69, 9.17) is 4.11 Å². The molecule has 1 heterocycles. The van der Waals surface area contributed by atoms with Gasteiger partial charge in [-0.2, -0.15) is 4.98 Å². The summed E-state index contributed by atoms with van der Waals surface area (Å²) in [6, 6.07) is 1.37. The number of aromatic nitrogens is 2. The second kappa shape index (κ2) is 2.77. The third-order valence-electron chi connectivity index (χ3n) is 0.705. The molecule has 0 N–H and O–H groups in total. The molecule has 0 atom stereocenters. The van der Waals surface area contributed by atoms with Crippen LogP contribution in [0.25, 0.3) is 0 Å². The Hall–Kier alpha value is -0.640. The second-order valence-electron chi connectivity index (χ2n) is 1.27. The fourth-order valence-electron chi connectivity index (χ4n) is 0.376. The summed E-state index contributed by atoms with van der Waals surface area (Å²) in [4.78, 5) is 7.39. The number of hydrogen-bond acceptors (Lipinski definition) is 3. The molecule has 9 heavy (non-hydrogen) atoms. The molecule has 48 valence electrons. The summed E-state index contributed by atoms with van der Waals surface area (Å²) in [5.41, 5.74) is 0. The zero-order valence-corrected chi connectivity index (χ0v) is 5.92. The molecule has 0 saturated carbocycles. The van der Waals surface area contributed by atoms with Crippen molar-refractivity contribution in [3.05, 3.63) is 17.0 Å².